The Morgan fingerprint density at radius 2 is 1.42 bits per heavy atom. The molecule has 158 valence electrons. The third-order valence-electron chi connectivity index (χ3n) is 6.62. The van der Waals surface area contributed by atoms with Crippen LogP contribution in [-0.2, 0) is 0 Å². The molecule has 3 aromatic rings. The van der Waals surface area contributed by atoms with Gasteiger partial charge < -0.3 is 5.32 Å². The number of anilines is 1. The zero-order chi connectivity index (χ0) is 21.0. The summed E-state index contributed by atoms with van der Waals surface area (Å²) in [5.41, 5.74) is 6.06. The van der Waals surface area contributed by atoms with E-state index >= 15 is 0 Å². The Kier molecular flexibility index (Phi) is 5.86. The highest BCUT2D eigenvalue weighted by molar-refractivity contribution is 6.07. The van der Waals surface area contributed by atoms with Gasteiger partial charge in [-0.05, 0) is 43.0 Å². The monoisotopic (exact) mass is 409 g/mol. The predicted molar refractivity (Wildman–Crippen MR) is 130 cm³/mol. The summed E-state index contributed by atoms with van der Waals surface area (Å²) in [6.45, 7) is 2.14. The van der Waals surface area contributed by atoms with Crippen molar-refractivity contribution in [2.45, 2.75) is 57.2 Å². The van der Waals surface area contributed by atoms with Crippen LogP contribution < -0.4 is 10.3 Å². The topological polar surface area (TPSA) is 27.6 Å². The van der Waals surface area contributed by atoms with E-state index in [0.29, 0.717) is 6.04 Å². The minimum absolute atomic E-state index is 0.127. The van der Waals surface area contributed by atoms with Crippen molar-refractivity contribution in [1.82, 2.24) is 5.32 Å². The Morgan fingerprint density at radius 3 is 2.10 bits per heavy atom. The average molecular weight is 410 g/mol. The first-order valence-electron chi connectivity index (χ1n) is 11.6. The fourth-order valence-corrected chi connectivity index (χ4v) is 4.97. The molecule has 1 aliphatic carbocycles. The summed E-state index contributed by atoms with van der Waals surface area (Å²) in [7, 11) is 0. The van der Waals surface area contributed by atoms with Crippen LogP contribution in [0.5, 0.6) is 0 Å². The molecule has 1 N–H and O–H groups in total. The van der Waals surface area contributed by atoms with Gasteiger partial charge >= 0.3 is 0 Å². The first kappa shape index (κ1) is 20.0. The number of rotatable bonds is 5. The molecule has 1 saturated carbocycles. The molecule has 5 rings (SSSR count). The predicted octanol–water partition coefficient (Wildman–Crippen LogP) is 6.25. The number of hydrogen-bond acceptors (Lipinski definition) is 3. The molecule has 2 atom stereocenters. The van der Waals surface area contributed by atoms with Crippen LogP contribution in [-0.4, -0.2) is 17.8 Å². The zero-order valence-corrected chi connectivity index (χ0v) is 18.2. The van der Waals surface area contributed by atoms with Gasteiger partial charge in [-0.1, -0.05) is 97.6 Å². The maximum Gasteiger partial charge on any atom is 0.0986 e. The van der Waals surface area contributed by atoms with Gasteiger partial charge in [-0.15, -0.1) is 0 Å². The quantitative estimate of drug-likeness (QED) is 0.539. The van der Waals surface area contributed by atoms with Crippen LogP contribution in [0.25, 0.3) is 0 Å². The second-order valence-corrected chi connectivity index (χ2v) is 8.87. The molecule has 2 aliphatic rings. The second-order valence-electron chi connectivity index (χ2n) is 8.87. The van der Waals surface area contributed by atoms with Crippen molar-refractivity contribution in [3.63, 3.8) is 0 Å². The number of nitrogens with zero attached hydrogens (tertiary/aromatic N) is 2. The van der Waals surface area contributed by atoms with Gasteiger partial charge in [0.05, 0.1) is 23.5 Å². The first-order valence-corrected chi connectivity index (χ1v) is 11.6. The first-order chi connectivity index (χ1) is 15.3. The van der Waals surface area contributed by atoms with Crippen LogP contribution in [0.15, 0.2) is 90.0 Å². The van der Waals surface area contributed by atoms with Gasteiger partial charge in [-0.3, -0.25) is 5.01 Å². The Hall–Kier alpha value is -2.91. The maximum absolute atomic E-state index is 5.25. The summed E-state index contributed by atoms with van der Waals surface area (Å²) < 4.78 is 0. The maximum atomic E-state index is 5.25. The Balaban J connectivity index is 1.59. The van der Waals surface area contributed by atoms with Gasteiger partial charge in [0.1, 0.15) is 0 Å². The third kappa shape index (κ3) is 4.28. The number of aryl methyl sites for hydroxylation is 1. The summed E-state index contributed by atoms with van der Waals surface area (Å²) in [4.78, 5) is 0. The smallest absolute Gasteiger partial charge is 0.0986 e. The lowest BCUT2D eigenvalue weighted by molar-refractivity contribution is 0.348. The number of hydrogen-bond donors (Lipinski definition) is 1. The minimum Gasteiger partial charge on any atom is -0.304 e. The standard InChI is InChI=1S/C28H31N3/c1-21-17-19-22(20-18-21)26-27(29-24-13-7-3-8-14-24)28(23-11-5-2-6-12-23)31(30-26)25-15-9-4-10-16-25/h2,4-6,9-12,15-20,24,27-29H,3,7-8,13-14H2,1H3/t27-,28-/m1/s1. The van der Waals surface area contributed by atoms with Crippen LogP contribution in [0.1, 0.15) is 54.8 Å². The van der Waals surface area contributed by atoms with Gasteiger partial charge in [0, 0.05) is 6.04 Å². The van der Waals surface area contributed by atoms with Crippen LogP contribution in [0, 0.1) is 6.92 Å². The van der Waals surface area contributed by atoms with E-state index in [4.69, 9.17) is 5.10 Å². The number of benzene rings is 3. The molecule has 3 nitrogen and oxygen atoms in total. The summed E-state index contributed by atoms with van der Waals surface area (Å²) in [5, 5.41) is 11.5. The average Bonchev–Trinajstić information content (AvgIpc) is 3.20. The molecule has 0 bridgehead atoms. The van der Waals surface area contributed by atoms with Crippen LogP contribution in [0.4, 0.5) is 5.69 Å². The lowest BCUT2D eigenvalue weighted by Crippen LogP contribution is -2.47. The summed E-state index contributed by atoms with van der Waals surface area (Å²) in [6.07, 6.45) is 6.51. The van der Waals surface area contributed by atoms with Crippen molar-refractivity contribution in [3.8, 4) is 0 Å². The van der Waals surface area contributed by atoms with E-state index in [0.717, 1.165) is 11.4 Å². The molecule has 0 unspecified atom stereocenters. The Morgan fingerprint density at radius 1 is 0.774 bits per heavy atom. The molecule has 0 amide bonds. The highest BCUT2D eigenvalue weighted by atomic mass is 15.5. The second kappa shape index (κ2) is 9.07. The molecule has 1 heterocycles. The van der Waals surface area contributed by atoms with E-state index < -0.39 is 0 Å². The Bertz CT molecular complexity index is 1010. The molecule has 0 spiro atoms. The Labute approximate surface area is 185 Å². The summed E-state index contributed by atoms with van der Waals surface area (Å²) >= 11 is 0. The van der Waals surface area contributed by atoms with Crippen molar-refractivity contribution in [2.24, 2.45) is 5.10 Å². The number of hydrazone groups is 1. The van der Waals surface area contributed by atoms with Crippen LogP contribution in [0.2, 0.25) is 0 Å². The lowest BCUT2D eigenvalue weighted by atomic mass is 9.89. The summed E-state index contributed by atoms with van der Waals surface area (Å²) in [5.74, 6) is 0. The lowest BCUT2D eigenvalue weighted by Gasteiger charge is -2.33. The van der Waals surface area contributed by atoms with E-state index in [1.54, 1.807) is 0 Å². The molecule has 3 aromatic carbocycles. The number of nitrogens with one attached hydrogen (secondary N) is 1. The number of para-hydroxylation sites is 1. The molecule has 0 saturated heterocycles. The van der Waals surface area contributed by atoms with Crippen molar-refractivity contribution < 1.29 is 0 Å². The molecule has 1 fully saturated rings. The summed E-state index contributed by atoms with van der Waals surface area (Å²) in [6, 6.07) is 31.1. The van der Waals surface area contributed by atoms with E-state index in [9.17, 15) is 0 Å². The molecule has 0 radical (unpaired) electrons. The molecule has 0 aromatic heterocycles. The van der Waals surface area contributed by atoms with Gasteiger partial charge in [0.2, 0.25) is 0 Å². The van der Waals surface area contributed by atoms with E-state index in [1.807, 2.05) is 0 Å². The van der Waals surface area contributed by atoms with E-state index in [-0.39, 0.29) is 12.1 Å². The van der Waals surface area contributed by atoms with Crippen LogP contribution >= 0.6 is 0 Å². The largest absolute Gasteiger partial charge is 0.304 e. The van der Waals surface area contributed by atoms with Crippen molar-refractivity contribution in [2.75, 3.05) is 5.01 Å². The molecule has 31 heavy (non-hydrogen) atoms. The minimum atomic E-state index is 0.127. The van der Waals surface area contributed by atoms with Crippen molar-refractivity contribution in [1.29, 1.82) is 0 Å². The normalized spacial score (nSPS) is 21.8. The highest BCUT2D eigenvalue weighted by Crippen LogP contribution is 2.37. The van der Waals surface area contributed by atoms with E-state index in [2.05, 4.69) is 102 Å². The molecular formula is C28H31N3. The van der Waals surface area contributed by atoms with Crippen molar-refractivity contribution in [3.05, 3.63) is 102 Å². The highest BCUT2D eigenvalue weighted by Gasteiger charge is 2.40. The zero-order valence-electron chi connectivity index (χ0n) is 18.2. The molecular weight excluding hydrogens is 378 g/mol. The fraction of sp³-hybridized carbons (Fsp3) is 0.321. The van der Waals surface area contributed by atoms with Crippen molar-refractivity contribution >= 4 is 11.4 Å². The fourth-order valence-electron chi connectivity index (χ4n) is 4.97. The van der Waals surface area contributed by atoms with Gasteiger partial charge in [0.25, 0.3) is 0 Å². The van der Waals surface area contributed by atoms with Gasteiger partial charge in [-0.25, -0.2) is 0 Å². The SMILES string of the molecule is Cc1ccc(C2=NN(c3ccccc3)[C@H](c3ccccc3)[C@@H]2NC2CCCCC2)cc1. The molecule has 1 aliphatic heterocycles. The van der Waals surface area contributed by atoms with Gasteiger partial charge in [0.15, 0.2) is 0 Å². The third-order valence-corrected chi connectivity index (χ3v) is 6.62. The van der Waals surface area contributed by atoms with E-state index in [1.165, 1.54) is 48.8 Å². The van der Waals surface area contributed by atoms with Crippen LogP contribution in [0.3, 0.4) is 0 Å². The molecule has 3 heteroatoms. The van der Waals surface area contributed by atoms with Gasteiger partial charge in [-0.2, -0.15) is 5.10 Å².